The van der Waals surface area contributed by atoms with Gasteiger partial charge in [0.25, 0.3) is 5.71 Å². The smallest absolute Gasteiger partial charge is 0.257 e. The Balaban J connectivity index is 1.65. The average Bonchev–Trinajstić information content (AvgIpc) is 3.14. The van der Waals surface area contributed by atoms with E-state index in [0.717, 1.165) is 23.2 Å². The van der Waals surface area contributed by atoms with E-state index in [0.29, 0.717) is 11.8 Å². The van der Waals surface area contributed by atoms with Crippen molar-refractivity contribution >= 4 is 11.1 Å². The van der Waals surface area contributed by atoms with Gasteiger partial charge in [-0.15, -0.1) is 0 Å². The molecular formula is C19H21N3O. The van der Waals surface area contributed by atoms with E-state index in [1.165, 1.54) is 30.5 Å². The molecule has 1 saturated heterocycles. The highest BCUT2D eigenvalue weighted by atomic mass is 16.5. The van der Waals surface area contributed by atoms with Crippen molar-refractivity contribution in [3.05, 3.63) is 47.8 Å². The van der Waals surface area contributed by atoms with Crippen molar-refractivity contribution in [1.82, 2.24) is 15.0 Å². The van der Waals surface area contributed by atoms with E-state index in [1.54, 1.807) is 0 Å². The largest absolute Gasteiger partial charge is 0.336 e. The third-order valence-electron chi connectivity index (χ3n) is 4.85. The van der Waals surface area contributed by atoms with E-state index < -0.39 is 0 Å². The fourth-order valence-electron chi connectivity index (χ4n) is 3.41. The van der Waals surface area contributed by atoms with Gasteiger partial charge in [-0.25, -0.2) is 4.98 Å². The van der Waals surface area contributed by atoms with E-state index in [-0.39, 0.29) is 0 Å². The van der Waals surface area contributed by atoms with Crippen LogP contribution in [0.4, 0.5) is 0 Å². The Labute approximate surface area is 136 Å². The van der Waals surface area contributed by atoms with Gasteiger partial charge in [0.1, 0.15) is 0 Å². The van der Waals surface area contributed by atoms with Gasteiger partial charge in [0.05, 0.1) is 11.1 Å². The highest BCUT2D eigenvalue weighted by Gasteiger charge is 2.20. The second-order valence-electron chi connectivity index (χ2n) is 6.51. The first-order valence-electron chi connectivity index (χ1n) is 8.26. The first-order chi connectivity index (χ1) is 11.2. The van der Waals surface area contributed by atoms with Gasteiger partial charge in [0.2, 0.25) is 0 Å². The molecule has 0 amide bonds. The zero-order valence-corrected chi connectivity index (χ0v) is 13.6. The molecular weight excluding hydrogens is 286 g/mol. The van der Waals surface area contributed by atoms with Crippen LogP contribution in [0.1, 0.15) is 31.0 Å². The minimum absolute atomic E-state index is 0.605. The summed E-state index contributed by atoms with van der Waals surface area (Å²) >= 11 is 0. The van der Waals surface area contributed by atoms with Crippen molar-refractivity contribution in [3.8, 4) is 11.1 Å². The average molecular weight is 307 g/mol. The van der Waals surface area contributed by atoms with Crippen molar-refractivity contribution in [2.24, 2.45) is 0 Å². The van der Waals surface area contributed by atoms with Crippen molar-refractivity contribution in [3.63, 3.8) is 0 Å². The van der Waals surface area contributed by atoms with Crippen molar-refractivity contribution in [2.45, 2.75) is 39.3 Å². The number of rotatable bonds is 3. The number of nitrogens with zero attached hydrogens (tertiary/aromatic N) is 3. The summed E-state index contributed by atoms with van der Waals surface area (Å²) in [4.78, 5) is 6.94. The van der Waals surface area contributed by atoms with Gasteiger partial charge < -0.3 is 4.52 Å². The quantitative estimate of drug-likeness (QED) is 0.728. The van der Waals surface area contributed by atoms with Gasteiger partial charge in [-0.1, -0.05) is 23.4 Å². The van der Waals surface area contributed by atoms with Crippen LogP contribution in [0.5, 0.6) is 0 Å². The second-order valence-corrected chi connectivity index (χ2v) is 6.51. The molecule has 4 rings (SSSR count). The topological polar surface area (TPSA) is 42.2 Å². The minimum Gasteiger partial charge on any atom is -0.336 e. The molecule has 3 heterocycles. The number of likely N-dealkylation sites (tertiary alicyclic amines) is 1. The minimum atomic E-state index is 0.605. The SMILES string of the molecule is Cc1noc2ncc(-c3cccc(CN4CCCC4C)c3)cc12. The first-order valence-corrected chi connectivity index (χ1v) is 8.26. The highest BCUT2D eigenvalue weighted by Crippen LogP contribution is 2.26. The summed E-state index contributed by atoms with van der Waals surface area (Å²) in [6.07, 6.45) is 4.49. The predicted octanol–water partition coefficient (Wildman–Crippen LogP) is 4.18. The number of pyridine rings is 1. The van der Waals surface area contributed by atoms with Crippen LogP contribution in [0.3, 0.4) is 0 Å². The lowest BCUT2D eigenvalue weighted by Gasteiger charge is -2.21. The summed E-state index contributed by atoms with van der Waals surface area (Å²) in [5.74, 6) is 0. The molecule has 3 aromatic rings. The second kappa shape index (κ2) is 5.78. The molecule has 0 radical (unpaired) electrons. The van der Waals surface area contributed by atoms with Crippen LogP contribution in [-0.4, -0.2) is 27.6 Å². The molecule has 0 spiro atoms. The lowest BCUT2D eigenvalue weighted by molar-refractivity contribution is 0.260. The van der Waals surface area contributed by atoms with Crippen LogP contribution in [0, 0.1) is 6.92 Å². The molecule has 118 valence electrons. The summed E-state index contributed by atoms with van der Waals surface area (Å²) in [5, 5.41) is 4.97. The molecule has 23 heavy (non-hydrogen) atoms. The van der Waals surface area contributed by atoms with Gasteiger partial charge in [-0.3, -0.25) is 4.90 Å². The van der Waals surface area contributed by atoms with Crippen LogP contribution in [-0.2, 0) is 6.54 Å². The van der Waals surface area contributed by atoms with Crippen LogP contribution in [0.2, 0.25) is 0 Å². The lowest BCUT2D eigenvalue weighted by atomic mass is 10.0. The van der Waals surface area contributed by atoms with Crippen LogP contribution in [0.15, 0.2) is 41.1 Å². The Bertz CT molecular complexity index is 840. The third-order valence-corrected chi connectivity index (χ3v) is 4.85. The van der Waals surface area contributed by atoms with Crippen LogP contribution >= 0.6 is 0 Å². The molecule has 4 nitrogen and oxygen atoms in total. The van der Waals surface area contributed by atoms with Gasteiger partial charge in [0, 0.05) is 24.3 Å². The highest BCUT2D eigenvalue weighted by molar-refractivity contribution is 5.81. The van der Waals surface area contributed by atoms with Gasteiger partial charge in [0.15, 0.2) is 0 Å². The molecule has 1 aromatic carbocycles. The van der Waals surface area contributed by atoms with Crippen molar-refractivity contribution < 1.29 is 4.52 Å². The van der Waals surface area contributed by atoms with E-state index >= 15 is 0 Å². The number of aryl methyl sites for hydroxylation is 1. The summed E-state index contributed by atoms with van der Waals surface area (Å²) in [5.41, 5.74) is 5.16. The van der Waals surface area contributed by atoms with Crippen LogP contribution in [0.25, 0.3) is 22.2 Å². The Morgan fingerprint density at radius 3 is 3.00 bits per heavy atom. The Morgan fingerprint density at radius 1 is 1.26 bits per heavy atom. The zero-order chi connectivity index (χ0) is 15.8. The van der Waals surface area contributed by atoms with Gasteiger partial charge in [-0.2, -0.15) is 0 Å². The van der Waals surface area contributed by atoms with Crippen molar-refractivity contribution in [1.29, 1.82) is 0 Å². The first kappa shape index (κ1) is 14.4. The summed E-state index contributed by atoms with van der Waals surface area (Å²) in [6, 6.07) is 11.6. The molecule has 0 bridgehead atoms. The molecule has 1 aliphatic rings. The van der Waals surface area contributed by atoms with Gasteiger partial charge in [-0.05, 0) is 56.5 Å². The molecule has 1 atom stereocenters. The van der Waals surface area contributed by atoms with E-state index in [4.69, 9.17) is 4.52 Å². The summed E-state index contributed by atoms with van der Waals surface area (Å²) in [6.45, 7) is 6.50. The summed E-state index contributed by atoms with van der Waals surface area (Å²) < 4.78 is 5.20. The van der Waals surface area contributed by atoms with E-state index in [1.807, 2.05) is 13.1 Å². The predicted molar refractivity (Wildman–Crippen MR) is 91.1 cm³/mol. The zero-order valence-electron chi connectivity index (χ0n) is 13.6. The molecule has 0 saturated carbocycles. The monoisotopic (exact) mass is 307 g/mol. The molecule has 4 heteroatoms. The Morgan fingerprint density at radius 2 is 2.17 bits per heavy atom. The number of hydrogen-bond donors (Lipinski definition) is 0. The molecule has 1 unspecified atom stereocenters. The van der Waals surface area contributed by atoms with Gasteiger partial charge >= 0.3 is 0 Å². The Hall–Kier alpha value is -2.20. The maximum Gasteiger partial charge on any atom is 0.257 e. The number of fused-ring (bicyclic) bond motifs is 1. The maximum atomic E-state index is 5.20. The molecule has 2 aromatic heterocycles. The third kappa shape index (κ3) is 2.75. The Kier molecular flexibility index (Phi) is 3.62. The van der Waals surface area contributed by atoms with Crippen molar-refractivity contribution in [2.75, 3.05) is 6.54 Å². The van der Waals surface area contributed by atoms with E-state index in [9.17, 15) is 0 Å². The molecule has 0 N–H and O–H groups in total. The maximum absolute atomic E-state index is 5.20. The summed E-state index contributed by atoms with van der Waals surface area (Å²) in [7, 11) is 0. The van der Waals surface area contributed by atoms with Crippen LogP contribution < -0.4 is 0 Å². The van der Waals surface area contributed by atoms with E-state index in [2.05, 4.69) is 52.3 Å². The fourth-order valence-corrected chi connectivity index (χ4v) is 3.41. The standard InChI is InChI=1S/C19H21N3O/c1-13-5-4-8-22(13)12-15-6-3-7-16(9-15)17-10-18-14(2)21-23-19(18)20-11-17/h3,6-7,9-11,13H,4-5,8,12H2,1-2H3. The normalized spacial score (nSPS) is 18.8. The number of benzene rings is 1. The molecule has 0 aliphatic carbocycles. The number of hydrogen-bond acceptors (Lipinski definition) is 4. The number of aromatic nitrogens is 2. The molecule has 1 aliphatic heterocycles. The molecule has 1 fully saturated rings. The fraction of sp³-hybridized carbons (Fsp3) is 0.368. The lowest BCUT2D eigenvalue weighted by Crippen LogP contribution is -2.26.